The summed E-state index contributed by atoms with van der Waals surface area (Å²) in [5.74, 6) is 0.00187. The third kappa shape index (κ3) is 4.52. The second-order valence-corrected chi connectivity index (χ2v) is 4.33. The van der Waals surface area contributed by atoms with E-state index in [4.69, 9.17) is 0 Å². The van der Waals surface area contributed by atoms with Crippen LogP contribution in [-0.2, 0) is 4.79 Å². The van der Waals surface area contributed by atoms with Crippen molar-refractivity contribution in [2.75, 3.05) is 24.5 Å². The van der Waals surface area contributed by atoms with Crippen LogP contribution in [0.1, 0.15) is 39.0 Å². The first-order valence-electron chi connectivity index (χ1n) is 6.77. The fraction of sp³-hybridized carbons (Fsp3) is 0.571. The van der Waals surface area contributed by atoms with E-state index in [1.807, 2.05) is 37.8 Å². The van der Waals surface area contributed by atoms with Crippen molar-refractivity contribution in [3.8, 4) is 0 Å². The van der Waals surface area contributed by atoms with Gasteiger partial charge in [0.25, 0.3) is 0 Å². The lowest BCUT2D eigenvalue weighted by molar-refractivity contribution is -0.119. The normalized spacial score (nSPS) is 12.0. The molecule has 0 unspecified atom stereocenters. The Hall–Kier alpha value is -1.62. The molecule has 5 heteroatoms. The molecule has 1 aromatic rings. The summed E-state index contributed by atoms with van der Waals surface area (Å²) in [6.45, 7) is 7.49. The Balaban J connectivity index is 2.73. The molecule has 0 radical (unpaired) electrons. The molecule has 0 fully saturated rings. The van der Waals surface area contributed by atoms with Crippen LogP contribution in [0.3, 0.4) is 0 Å². The minimum Gasteiger partial charge on any atom is -0.387 e. The Kier molecular flexibility index (Phi) is 6.29. The molecule has 1 heterocycles. The van der Waals surface area contributed by atoms with Crippen LogP contribution in [0.4, 0.5) is 5.69 Å². The molecule has 1 amide bonds. The number of likely N-dealkylation sites (N-methyl/N-ethyl adjacent to an activating group) is 2. The zero-order valence-corrected chi connectivity index (χ0v) is 11.9. The molecule has 0 bridgehead atoms. The molecule has 0 aliphatic carbocycles. The van der Waals surface area contributed by atoms with Gasteiger partial charge in [0, 0.05) is 13.1 Å². The number of nitrogens with one attached hydrogen (secondary N) is 1. The summed E-state index contributed by atoms with van der Waals surface area (Å²) in [5, 5.41) is 12.5. The summed E-state index contributed by atoms with van der Waals surface area (Å²) in [6, 6.07) is 3.70. The van der Waals surface area contributed by atoms with Crippen LogP contribution in [0, 0.1) is 0 Å². The Morgan fingerprint density at radius 3 is 2.63 bits per heavy atom. The van der Waals surface area contributed by atoms with E-state index in [0.29, 0.717) is 25.2 Å². The molecule has 0 aliphatic heterocycles. The number of nitrogens with zero attached hydrogens (tertiary/aromatic N) is 2. The van der Waals surface area contributed by atoms with Crippen molar-refractivity contribution in [1.82, 2.24) is 10.3 Å². The van der Waals surface area contributed by atoms with Gasteiger partial charge in [0.05, 0.1) is 30.2 Å². The number of rotatable bonds is 7. The van der Waals surface area contributed by atoms with E-state index >= 15 is 0 Å². The van der Waals surface area contributed by atoms with Gasteiger partial charge < -0.3 is 15.3 Å². The van der Waals surface area contributed by atoms with Gasteiger partial charge in [-0.25, -0.2) is 0 Å². The summed E-state index contributed by atoms with van der Waals surface area (Å²) >= 11 is 0. The van der Waals surface area contributed by atoms with E-state index in [9.17, 15) is 9.90 Å². The zero-order valence-electron chi connectivity index (χ0n) is 11.9. The summed E-state index contributed by atoms with van der Waals surface area (Å²) in [4.78, 5) is 17.8. The fourth-order valence-electron chi connectivity index (χ4n) is 1.80. The maximum Gasteiger partial charge on any atom is 0.239 e. The van der Waals surface area contributed by atoms with Crippen molar-refractivity contribution in [3.05, 3.63) is 24.0 Å². The molecule has 1 atom stereocenters. The molecule has 0 aromatic carbocycles. The number of pyridine rings is 1. The number of aromatic nitrogens is 1. The molecule has 0 spiro atoms. The average molecular weight is 265 g/mol. The quantitative estimate of drug-likeness (QED) is 0.784. The summed E-state index contributed by atoms with van der Waals surface area (Å²) < 4.78 is 0. The smallest absolute Gasteiger partial charge is 0.239 e. The van der Waals surface area contributed by atoms with Crippen LogP contribution in [0.5, 0.6) is 0 Å². The van der Waals surface area contributed by atoms with Gasteiger partial charge in [-0.1, -0.05) is 6.92 Å². The van der Waals surface area contributed by atoms with Gasteiger partial charge in [0.2, 0.25) is 5.91 Å². The number of carbonyl (C=O) groups is 1. The van der Waals surface area contributed by atoms with E-state index < -0.39 is 6.10 Å². The van der Waals surface area contributed by atoms with Gasteiger partial charge in [0.1, 0.15) is 0 Å². The van der Waals surface area contributed by atoms with Crippen LogP contribution in [0.2, 0.25) is 0 Å². The minimum absolute atomic E-state index is 0.00187. The highest BCUT2D eigenvalue weighted by atomic mass is 16.3. The molecule has 1 rings (SSSR count). The maximum atomic E-state index is 11.6. The Morgan fingerprint density at radius 1 is 1.42 bits per heavy atom. The number of carbonyl (C=O) groups excluding carboxylic acids is 1. The molecule has 5 nitrogen and oxygen atoms in total. The second-order valence-electron chi connectivity index (χ2n) is 4.33. The first kappa shape index (κ1) is 15.4. The number of anilines is 1. The highest BCUT2D eigenvalue weighted by Gasteiger charge is 2.11. The van der Waals surface area contributed by atoms with Gasteiger partial charge in [-0.3, -0.25) is 9.78 Å². The lowest BCUT2D eigenvalue weighted by atomic mass is 10.2. The van der Waals surface area contributed by atoms with Gasteiger partial charge in [0.15, 0.2) is 0 Å². The van der Waals surface area contributed by atoms with E-state index in [2.05, 4.69) is 10.3 Å². The van der Waals surface area contributed by atoms with E-state index in [0.717, 1.165) is 12.2 Å². The third-order valence-electron chi connectivity index (χ3n) is 2.95. The standard InChI is InChI=1S/C14H23N3O2/c1-4-13(18)12-8-7-11(9-16-12)17(6-3)10-14(19)15-5-2/h7-9,13,18H,4-6,10H2,1-3H3,(H,15,19)/t13-/m1/s1. The van der Waals surface area contributed by atoms with Crippen LogP contribution < -0.4 is 10.2 Å². The summed E-state index contributed by atoms with van der Waals surface area (Å²) in [7, 11) is 0. The molecular weight excluding hydrogens is 242 g/mol. The second kappa shape index (κ2) is 7.74. The number of amides is 1. The van der Waals surface area contributed by atoms with Crippen LogP contribution in [0.15, 0.2) is 18.3 Å². The summed E-state index contributed by atoms with van der Waals surface area (Å²) in [5.41, 5.74) is 1.56. The van der Waals surface area contributed by atoms with Crippen molar-refractivity contribution in [1.29, 1.82) is 0 Å². The lowest BCUT2D eigenvalue weighted by Gasteiger charge is -2.22. The predicted molar refractivity (Wildman–Crippen MR) is 76.1 cm³/mol. The number of hydrogen-bond donors (Lipinski definition) is 2. The van der Waals surface area contributed by atoms with Crippen molar-refractivity contribution in [2.45, 2.75) is 33.3 Å². The Labute approximate surface area is 114 Å². The Bertz CT molecular complexity index is 392. The largest absolute Gasteiger partial charge is 0.387 e. The monoisotopic (exact) mass is 265 g/mol. The van der Waals surface area contributed by atoms with Crippen LogP contribution in [-0.4, -0.2) is 35.6 Å². The van der Waals surface area contributed by atoms with Crippen molar-refractivity contribution >= 4 is 11.6 Å². The molecule has 19 heavy (non-hydrogen) atoms. The van der Waals surface area contributed by atoms with Crippen LogP contribution in [0.25, 0.3) is 0 Å². The molecule has 0 aliphatic rings. The number of aliphatic hydroxyl groups is 1. The molecule has 106 valence electrons. The van der Waals surface area contributed by atoms with Crippen molar-refractivity contribution in [3.63, 3.8) is 0 Å². The minimum atomic E-state index is -0.521. The molecular formula is C14H23N3O2. The predicted octanol–water partition coefficient (Wildman–Crippen LogP) is 1.49. The first-order valence-corrected chi connectivity index (χ1v) is 6.77. The van der Waals surface area contributed by atoms with E-state index in [-0.39, 0.29) is 5.91 Å². The average Bonchev–Trinajstić information content (AvgIpc) is 2.44. The lowest BCUT2D eigenvalue weighted by Crippen LogP contribution is -2.37. The first-order chi connectivity index (χ1) is 9.12. The summed E-state index contributed by atoms with van der Waals surface area (Å²) in [6.07, 6.45) is 1.83. The number of hydrogen-bond acceptors (Lipinski definition) is 4. The van der Waals surface area contributed by atoms with Crippen molar-refractivity contribution in [2.24, 2.45) is 0 Å². The van der Waals surface area contributed by atoms with E-state index in [1.54, 1.807) is 6.20 Å². The molecule has 2 N–H and O–H groups in total. The van der Waals surface area contributed by atoms with Gasteiger partial charge >= 0.3 is 0 Å². The van der Waals surface area contributed by atoms with Crippen molar-refractivity contribution < 1.29 is 9.90 Å². The van der Waals surface area contributed by atoms with Gasteiger partial charge in [-0.15, -0.1) is 0 Å². The SMILES string of the molecule is CCNC(=O)CN(CC)c1ccc([C@H](O)CC)nc1. The third-order valence-corrected chi connectivity index (χ3v) is 2.95. The zero-order chi connectivity index (χ0) is 14.3. The van der Waals surface area contributed by atoms with Gasteiger partial charge in [-0.2, -0.15) is 0 Å². The number of aliphatic hydroxyl groups excluding tert-OH is 1. The maximum absolute atomic E-state index is 11.6. The molecule has 1 aromatic heterocycles. The highest BCUT2D eigenvalue weighted by molar-refractivity contribution is 5.81. The van der Waals surface area contributed by atoms with Crippen LogP contribution >= 0.6 is 0 Å². The van der Waals surface area contributed by atoms with E-state index in [1.165, 1.54) is 0 Å². The fourth-order valence-corrected chi connectivity index (χ4v) is 1.80. The van der Waals surface area contributed by atoms with Gasteiger partial charge in [-0.05, 0) is 32.4 Å². The molecule has 0 saturated carbocycles. The Morgan fingerprint density at radius 2 is 2.16 bits per heavy atom. The molecule has 0 saturated heterocycles. The highest BCUT2D eigenvalue weighted by Crippen LogP contribution is 2.18. The topological polar surface area (TPSA) is 65.5 Å².